The first kappa shape index (κ1) is 12.3. The van der Waals surface area contributed by atoms with E-state index >= 15 is 0 Å². The first-order chi connectivity index (χ1) is 8.79. The molecule has 2 atom stereocenters. The van der Waals surface area contributed by atoms with E-state index in [0.29, 0.717) is 5.88 Å². The lowest BCUT2D eigenvalue weighted by atomic mass is 9.85. The highest BCUT2D eigenvalue weighted by atomic mass is 35.5. The van der Waals surface area contributed by atoms with Crippen LogP contribution in [-0.4, -0.2) is 12.6 Å². The van der Waals surface area contributed by atoms with Gasteiger partial charge in [0.1, 0.15) is 0 Å². The van der Waals surface area contributed by atoms with Gasteiger partial charge in [-0.3, -0.25) is 0 Å². The number of halogens is 1. The molecule has 18 heavy (non-hydrogen) atoms. The average molecular weight is 264 g/mol. The predicted octanol–water partition coefficient (Wildman–Crippen LogP) is 4.50. The highest BCUT2D eigenvalue weighted by Crippen LogP contribution is 2.39. The molecule has 1 aliphatic carbocycles. The molecule has 98 valence electrons. The molecule has 2 unspecified atom stereocenters. The van der Waals surface area contributed by atoms with Crippen molar-refractivity contribution in [3.05, 3.63) is 29.3 Å². The predicted molar refractivity (Wildman–Crippen MR) is 78.4 cm³/mol. The number of fused-ring (bicyclic) bond motifs is 1. The summed E-state index contributed by atoms with van der Waals surface area (Å²) in [4.78, 5) is 2.65. The summed E-state index contributed by atoms with van der Waals surface area (Å²) in [5.74, 6) is 1.57. The lowest BCUT2D eigenvalue weighted by molar-refractivity contribution is 0.342. The molecular weight excluding hydrogens is 242 g/mol. The Morgan fingerprint density at radius 1 is 1.22 bits per heavy atom. The highest BCUT2D eigenvalue weighted by Gasteiger charge is 2.35. The third-order valence-electron chi connectivity index (χ3n) is 4.81. The van der Waals surface area contributed by atoms with Gasteiger partial charge in [0.05, 0.1) is 0 Å². The van der Waals surface area contributed by atoms with E-state index in [9.17, 15) is 0 Å². The molecule has 1 aromatic rings. The summed E-state index contributed by atoms with van der Waals surface area (Å²) < 4.78 is 0. The van der Waals surface area contributed by atoms with E-state index in [1.165, 1.54) is 55.5 Å². The van der Waals surface area contributed by atoms with E-state index in [-0.39, 0.29) is 0 Å². The van der Waals surface area contributed by atoms with Gasteiger partial charge in [-0.25, -0.2) is 0 Å². The summed E-state index contributed by atoms with van der Waals surface area (Å²) in [6.07, 6.45) is 7.08. The van der Waals surface area contributed by atoms with Gasteiger partial charge in [0, 0.05) is 24.2 Å². The van der Waals surface area contributed by atoms with Crippen LogP contribution in [0, 0.1) is 12.8 Å². The minimum Gasteiger partial charge on any atom is -0.368 e. The molecule has 0 N–H and O–H groups in total. The van der Waals surface area contributed by atoms with Gasteiger partial charge in [0.2, 0.25) is 0 Å². The third-order valence-corrected chi connectivity index (χ3v) is 5.10. The average Bonchev–Trinajstić information content (AvgIpc) is 2.82. The van der Waals surface area contributed by atoms with Gasteiger partial charge in [-0.2, -0.15) is 0 Å². The molecule has 3 rings (SSSR count). The van der Waals surface area contributed by atoms with Crippen LogP contribution in [0.3, 0.4) is 0 Å². The molecule has 1 aliphatic heterocycles. The van der Waals surface area contributed by atoms with Crippen LogP contribution in [0.5, 0.6) is 0 Å². The van der Waals surface area contributed by atoms with Crippen molar-refractivity contribution in [1.82, 2.24) is 0 Å². The topological polar surface area (TPSA) is 3.24 Å². The Bertz CT molecular complexity index is 429. The number of hydrogen-bond donors (Lipinski definition) is 0. The van der Waals surface area contributed by atoms with E-state index in [1.54, 1.807) is 0 Å². The second-order valence-electron chi connectivity index (χ2n) is 5.84. The maximum Gasteiger partial charge on any atom is 0.0476 e. The second kappa shape index (κ2) is 5.13. The maximum atomic E-state index is 5.94. The van der Waals surface area contributed by atoms with Gasteiger partial charge >= 0.3 is 0 Å². The summed E-state index contributed by atoms with van der Waals surface area (Å²) in [5.41, 5.74) is 4.01. The van der Waals surface area contributed by atoms with Crippen molar-refractivity contribution in [2.24, 2.45) is 5.92 Å². The van der Waals surface area contributed by atoms with Gasteiger partial charge < -0.3 is 4.90 Å². The van der Waals surface area contributed by atoms with Crippen molar-refractivity contribution < 1.29 is 0 Å². The highest BCUT2D eigenvalue weighted by molar-refractivity contribution is 6.17. The zero-order chi connectivity index (χ0) is 12.5. The van der Waals surface area contributed by atoms with Gasteiger partial charge in [-0.05, 0) is 55.4 Å². The molecule has 0 amide bonds. The molecule has 0 aromatic heterocycles. The standard InChI is InChI=1S/C16H22ClN/c1-12-10-15(7-6-14(12)11-17)18-9-8-13-4-2-3-5-16(13)18/h6-7,10,13,16H,2-5,8-9,11H2,1H3. The Kier molecular flexibility index (Phi) is 3.52. The molecule has 1 saturated heterocycles. The van der Waals surface area contributed by atoms with E-state index < -0.39 is 0 Å². The van der Waals surface area contributed by atoms with Crippen LogP contribution in [0.1, 0.15) is 43.2 Å². The summed E-state index contributed by atoms with van der Waals surface area (Å²) >= 11 is 5.94. The van der Waals surface area contributed by atoms with Crippen molar-refractivity contribution in [1.29, 1.82) is 0 Å². The fraction of sp³-hybridized carbons (Fsp3) is 0.625. The number of anilines is 1. The van der Waals surface area contributed by atoms with Crippen LogP contribution in [0.4, 0.5) is 5.69 Å². The molecule has 0 bridgehead atoms. The van der Waals surface area contributed by atoms with Crippen LogP contribution in [0.2, 0.25) is 0 Å². The number of hydrogen-bond acceptors (Lipinski definition) is 1. The molecule has 1 saturated carbocycles. The number of aryl methyl sites for hydroxylation is 1. The van der Waals surface area contributed by atoms with Crippen LogP contribution in [0.15, 0.2) is 18.2 Å². The largest absolute Gasteiger partial charge is 0.368 e. The smallest absolute Gasteiger partial charge is 0.0476 e. The fourth-order valence-corrected chi connectivity index (χ4v) is 4.03. The van der Waals surface area contributed by atoms with Crippen LogP contribution in [-0.2, 0) is 5.88 Å². The fourth-order valence-electron chi connectivity index (χ4n) is 3.74. The normalized spacial score (nSPS) is 27.3. The van der Waals surface area contributed by atoms with E-state index in [1.807, 2.05) is 0 Å². The first-order valence-corrected chi connectivity index (χ1v) is 7.75. The van der Waals surface area contributed by atoms with Gasteiger partial charge in [0.25, 0.3) is 0 Å². The summed E-state index contributed by atoms with van der Waals surface area (Å²) in [7, 11) is 0. The Morgan fingerprint density at radius 2 is 2.06 bits per heavy atom. The first-order valence-electron chi connectivity index (χ1n) is 7.21. The van der Waals surface area contributed by atoms with Gasteiger partial charge in [-0.15, -0.1) is 11.6 Å². The lowest BCUT2D eigenvalue weighted by Gasteiger charge is -2.33. The third kappa shape index (κ3) is 2.14. The van der Waals surface area contributed by atoms with Crippen molar-refractivity contribution in [3.8, 4) is 0 Å². The maximum absolute atomic E-state index is 5.94. The second-order valence-corrected chi connectivity index (χ2v) is 6.11. The minimum absolute atomic E-state index is 0.623. The van der Waals surface area contributed by atoms with Crippen molar-refractivity contribution in [2.75, 3.05) is 11.4 Å². The lowest BCUT2D eigenvalue weighted by Crippen LogP contribution is -2.34. The molecule has 0 spiro atoms. The molecular formula is C16H22ClN. The summed E-state index contributed by atoms with van der Waals surface area (Å²) in [6, 6.07) is 7.60. The zero-order valence-corrected chi connectivity index (χ0v) is 11.9. The Morgan fingerprint density at radius 3 is 2.83 bits per heavy atom. The van der Waals surface area contributed by atoms with E-state index in [0.717, 1.165) is 12.0 Å². The number of rotatable bonds is 2. The Hall–Kier alpha value is -0.690. The molecule has 0 radical (unpaired) electrons. The monoisotopic (exact) mass is 263 g/mol. The zero-order valence-electron chi connectivity index (χ0n) is 11.2. The van der Waals surface area contributed by atoms with Crippen LogP contribution in [0.25, 0.3) is 0 Å². The minimum atomic E-state index is 0.623. The summed E-state index contributed by atoms with van der Waals surface area (Å²) in [6.45, 7) is 3.42. The molecule has 1 nitrogen and oxygen atoms in total. The molecule has 2 fully saturated rings. The number of alkyl halides is 1. The quantitative estimate of drug-likeness (QED) is 0.710. The molecule has 2 heteroatoms. The van der Waals surface area contributed by atoms with E-state index in [2.05, 4.69) is 30.0 Å². The van der Waals surface area contributed by atoms with Crippen LogP contribution >= 0.6 is 11.6 Å². The van der Waals surface area contributed by atoms with Crippen LogP contribution < -0.4 is 4.90 Å². The Labute approximate surface area is 115 Å². The molecule has 1 heterocycles. The van der Waals surface area contributed by atoms with Gasteiger partial charge in [-0.1, -0.05) is 18.9 Å². The van der Waals surface area contributed by atoms with Crippen molar-refractivity contribution >= 4 is 17.3 Å². The Balaban J connectivity index is 1.84. The summed E-state index contributed by atoms with van der Waals surface area (Å²) in [5, 5.41) is 0. The molecule has 1 aromatic carbocycles. The van der Waals surface area contributed by atoms with Crippen molar-refractivity contribution in [3.63, 3.8) is 0 Å². The van der Waals surface area contributed by atoms with Gasteiger partial charge in [0.15, 0.2) is 0 Å². The number of benzene rings is 1. The SMILES string of the molecule is Cc1cc(N2CCC3CCCCC32)ccc1CCl. The van der Waals surface area contributed by atoms with E-state index in [4.69, 9.17) is 11.6 Å². The number of nitrogens with zero attached hydrogens (tertiary/aromatic N) is 1. The van der Waals surface area contributed by atoms with Crippen molar-refractivity contribution in [2.45, 2.75) is 50.9 Å². The molecule has 2 aliphatic rings.